The highest BCUT2D eigenvalue weighted by Gasteiger charge is 2.13. The van der Waals surface area contributed by atoms with Gasteiger partial charge in [-0.2, -0.15) is 0 Å². The molecule has 7 nitrogen and oxygen atoms in total. The van der Waals surface area contributed by atoms with E-state index in [2.05, 4.69) is 5.32 Å². The van der Waals surface area contributed by atoms with Crippen molar-refractivity contribution in [3.63, 3.8) is 0 Å². The third-order valence-electron chi connectivity index (χ3n) is 2.61. The molecule has 4 N–H and O–H groups in total. The first kappa shape index (κ1) is 13.3. The summed E-state index contributed by atoms with van der Waals surface area (Å²) >= 11 is 0. The van der Waals surface area contributed by atoms with Gasteiger partial charge in [0.2, 0.25) is 0 Å². The second-order valence-electron chi connectivity index (χ2n) is 4.03. The van der Waals surface area contributed by atoms with Crippen molar-refractivity contribution in [3.8, 4) is 5.75 Å². The van der Waals surface area contributed by atoms with E-state index in [9.17, 15) is 20.0 Å². The minimum Gasteiger partial charge on any atom is -0.506 e. The largest absolute Gasteiger partial charge is 0.506 e. The number of amides is 1. The molecule has 0 aliphatic carbocycles. The average Bonchev–Trinajstić information content (AvgIpc) is 2.41. The molecular weight excluding hydrogens is 262 g/mol. The molecule has 2 aromatic rings. The molecule has 0 aliphatic heterocycles. The van der Waals surface area contributed by atoms with Crippen LogP contribution in [0.3, 0.4) is 0 Å². The smallest absolute Gasteiger partial charge is 0.273 e. The molecule has 0 heterocycles. The zero-order valence-electron chi connectivity index (χ0n) is 10.2. The average molecular weight is 273 g/mol. The summed E-state index contributed by atoms with van der Waals surface area (Å²) in [6.45, 7) is 0. The van der Waals surface area contributed by atoms with Gasteiger partial charge in [-0.25, -0.2) is 0 Å². The van der Waals surface area contributed by atoms with E-state index in [1.54, 1.807) is 12.1 Å². The SMILES string of the molecule is Nc1ccc(C(=O)Nc2ccc([N+](=O)[O-])cc2O)cc1. The van der Waals surface area contributed by atoms with E-state index in [1.165, 1.54) is 24.3 Å². The molecule has 0 aliphatic rings. The van der Waals surface area contributed by atoms with E-state index in [1.807, 2.05) is 0 Å². The van der Waals surface area contributed by atoms with Crippen molar-refractivity contribution in [2.75, 3.05) is 11.1 Å². The number of carbonyl (C=O) groups excluding carboxylic acids is 1. The summed E-state index contributed by atoms with van der Waals surface area (Å²) in [4.78, 5) is 21.8. The Morgan fingerprint density at radius 2 is 1.85 bits per heavy atom. The van der Waals surface area contributed by atoms with Crippen LogP contribution in [0.1, 0.15) is 10.4 Å². The van der Waals surface area contributed by atoms with Crippen LogP contribution in [-0.2, 0) is 0 Å². The van der Waals surface area contributed by atoms with Crippen molar-refractivity contribution in [2.24, 2.45) is 0 Å². The molecule has 2 aromatic carbocycles. The van der Waals surface area contributed by atoms with Crippen LogP contribution in [-0.4, -0.2) is 15.9 Å². The quantitative estimate of drug-likeness (QED) is 0.342. The molecular formula is C13H11N3O4. The molecule has 0 unspecified atom stereocenters. The Morgan fingerprint density at radius 3 is 2.40 bits per heavy atom. The normalized spacial score (nSPS) is 10.0. The van der Waals surface area contributed by atoms with Crippen LogP contribution in [0, 0.1) is 10.1 Å². The van der Waals surface area contributed by atoms with Gasteiger partial charge in [-0.1, -0.05) is 0 Å². The van der Waals surface area contributed by atoms with Crippen molar-refractivity contribution in [3.05, 3.63) is 58.1 Å². The number of nitro benzene ring substituents is 1. The molecule has 0 saturated carbocycles. The number of rotatable bonds is 3. The number of hydrogen-bond donors (Lipinski definition) is 3. The van der Waals surface area contributed by atoms with Gasteiger partial charge in [-0.05, 0) is 30.3 Å². The molecule has 0 saturated heterocycles. The Morgan fingerprint density at radius 1 is 1.20 bits per heavy atom. The van der Waals surface area contributed by atoms with E-state index < -0.39 is 10.8 Å². The fourth-order valence-electron chi connectivity index (χ4n) is 1.57. The molecule has 1 amide bonds. The van der Waals surface area contributed by atoms with Crippen LogP contribution in [0.15, 0.2) is 42.5 Å². The molecule has 0 radical (unpaired) electrons. The number of phenolic OH excluding ortho intramolecular Hbond substituents is 1. The first-order chi connectivity index (χ1) is 9.47. The summed E-state index contributed by atoms with van der Waals surface area (Å²) < 4.78 is 0. The lowest BCUT2D eigenvalue weighted by atomic mass is 10.2. The Labute approximate surface area is 113 Å². The van der Waals surface area contributed by atoms with Crippen LogP contribution in [0.25, 0.3) is 0 Å². The maximum absolute atomic E-state index is 11.9. The second-order valence-corrected chi connectivity index (χ2v) is 4.03. The molecule has 20 heavy (non-hydrogen) atoms. The van der Waals surface area contributed by atoms with Gasteiger partial charge in [0.15, 0.2) is 0 Å². The topological polar surface area (TPSA) is 118 Å². The standard InChI is InChI=1S/C13H11N3O4/c14-9-3-1-8(2-4-9)13(18)15-11-6-5-10(16(19)20)7-12(11)17/h1-7,17H,14H2,(H,15,18). The number of non-ortho nitro benzene ring substituents is 1. The first-order valence-electron chi connectivity index (χ1n) is 5.61. The van der Waals surface area contributed by atoms with Gasteiger partial charge in [0.25, 0.3) is 11.6 Å². The first-order valence-corrected chi connectivity index (χ1v) is 5.61. The highest BCUT2D eigenvalue weighted by Crippen LogP contribution is 2.28. The molecule has 0 aromatic heterocycles. The van der Waals surface area contributed by atoms with Crippen molar-refractivity contribution in [1.29, 1.82) is 0 Å². The minimum atomic E-state index is -0.634. The summed E-state index contributed by atoms with van der Waals surface area (Å²) in [6.07, 6.45) is 0. The lowest BCUT2D eigenvalue weighted by molar-refractivity contribution is -0.384. The lowest BCUT2D eigenvalue weighted by Crippen LogP contribution is -2.12. The highest BCUT2D eigenvalue weighted by atomic mass is 16.6. The van der Waals surface area contributed by atoms with Crippen LogP contribution in [0.4, 0.5) is 17.1 Å². The molecule has 102 valence electrons. The summed E-state index contributed by atoms with van der Waals surface area (Å²) in [5.41, 5.74) is 6.24. The fourth-order valence-corrected chi connectivity index (χ4v) is 1.57. The second kappa shape index (κ2) is 5.27. The van der Waals surface area contributed by atoms with E-state index in [-0.39, 0.29) is 17.1 Å². The number of aromatic hydroxyl groups is 1. The number of phenols is 1. The molecule has 7 heteroatoms. The van der Waals surface area contributed by atoms with Crippen molar-refractivity contribution in [2.45, 2.75) is 0 Å². The number of carbonyl (C=O) groups is 1. The van der Waals surface area contributed by atoms with Crippen LogP contribution >= 0.6 is 0 Å². The molecule has 2 rings (SSSR count). The Kier molecular flexibility index (Phi) is 3.52. The van der Waals surface area contributed by atoms with Gasteiger partial charge in [-0.3, -0.25) is 14.9 Å². The van der Waals surface area contributed by atoms with Crippen LogP contribution < -0.4 is 11.1 Å². The van der Waals surface area contributed by atoms with Gasteiger partial charge in [0.05, 0.1) is 16.7 Å². The third kappa shape index (κ3) is 2.83. The van der Waals surface area contributed by atoms with Crippen molar-refractivity contribution in [1.82, 2.24) is 0 Å². The number of anilines is 2. The predicted octanol–water partition coefficient (Wildman–Crippen LogP) is 2.13. The van der Waals surface area contributed by atoms with E-state index in [0.717, 1.165) is 6.07 Å². The number of nitrogens with zero attached hydrogens (tertiary/aromatic N) is 1. The molecule has 0 spiro atoms. The minimum absolute atomic E-state index is 0.0948. The van der Waals surface area contributed by atoms with Crippen LogP contribution in [0.5, 0.6) is 5.75 Å². The zero-order chi connectivity index (χ0) is 14.7. The fraction of sp³-hybridized carbons (Fsp3) is 0. The molecule has 0 fully saturated rings. The summed E-state index contributed by atoms with van der Waals surface area (Å²) in [5.74, 6) is -0.822. The Balaban J connectivity index is 2.19. The maximum Gasteiger partial charge on any atom is 0.273 e. The summed E-state index contributed by atoms with van der Waals surface area (Å²) in [7, 11) is 0. The zero-order valence-corrected chi connectivity index (χ0v) is 10.2. The van der Waals surface area contributed by atoms with Gasteiger partial charge < -0.3 is 16.2 Å². The third-order valence-corrected chi connectivity index (χ3v) is 2.61. The molecule has 0 bridgehead atoms. The number of nitrogens with one attached hydrogen (secondary N) is 1. The number of nitrogen functional groups attached to an aromatic ring is 1. The molecule has 0 atom stereocenters. The highest BCUT2D eigenvalue weighted by molar-refractivity contribution is 6.05. The monoisotopic (exact) mass is 273 g/mol. The van der Waals surface area contributed by atoms with E-state index in [4.69, 9.17) is 5.73 Å². The number of nitro groups is 1. The summed E-state index contributed by atoms with van der Waals surface area (Å²) in [5, 5.41) is 22.6. The van der Waals surface area contributed by atoms with E-state index in [0.29, 0.717) is 11.3 Å². The van der Waals surface area contributed by atoms with Crippen molar-refractivity contribution < 1.29 is 14.8 Å². The summed E-state index contributed by atoms with van der Waals surface area (Å²) in [6, 6.07) is 9.65. The Hall–Kier alpha value is -3.09. The maximum atomic E-state index is 11.9. The van der Waals surface area contributed by atoms with Gasteiger partial charge in [0, 0.05) is 17.3 Å². The van der Waals surface area contributed by atoms with Gasteiger partial charge in [-0.15, -0.1) is 0 Å². The number of hydrogen-bond acceptors (Lipinski definition) is 5. The lowest BCUT2D eigenvalue weighted by Gasteiger charge is -2.07. The predicted molar refractivity (Wildman–Crippen MR) is 73.6 cm³/mol. The number of nitrogens with two attached hydrogens (primary N) is 1. The number of benzene rings is 2. The van der Waals surface area contributed by atoms with E-state index >= 15 is 0 Å². The Bertz CT molecular complexity index is 668. The van der Waals surface area contributed by atoms with Gasteiger partial charge in [0.1, 0.15) is 5.75 Å². The van der Waals surface area contributed by atoms with Crippen LogP contribution in [0.2, 0.25) is 0 Å². The van der Waals surface area contributed by atoms with Crippen molar-refractivity contribution >= 4 is 23.0 Å². The van der Waals surface area contributed by atoms with Gasteiger partial charge >= 0.3 is 0 Å².